The summed E-state index contributed by atoms with van der Waals surface area (Å²) in [6.07, 6.45) is 0.958. The molecule has 2 rings (SSSR count). The number of benzene rings is 1. The molecule has 1 heterocycles. The number of esters is 1. The molecule has 0 amide bonds. The van der Waals surface area contributed by atoms with Crippen LogP contribution in [0, 0.1) is 5.92 Å². The summed E-state index contributed by atoms with van der Waals surface area (Å²) >= 11 is 5.26. The molecule has 1 aliphatic heterocycles. The molecule has 0 radical (unpaired) electrons. The van der Waals surface area contributed by atoms with Crippen LogP contribution >= 0.6 is 12.2 Å². The molecule has 1 aliphatic rings. The molecule has 0 saturated heterocycles. The minimum absolute atomic E-state index is 0.281. The van der Waals surface area contributed by atoms with Gasteiger partial charge in [0.05, 0.1) is 24.8 Å². The van der Waals surface area contributed by atoms with Crippen molar-refractivity contribution >= 4 is 23.3 Å². The van der Waals surface area contributed by atoms with Gasteiger partial charge in [-0.25, -0.2) is 4.79 Å². The number of rotatable bonds is 7. The van der Waals surface area contributed by atoms with E-state index in [1.54, 1.807) is 0 Å². The van der Waals surface area contributed by atoms with E-state index < -0.39 is 0 Å². The molecule has 1 atom stereocenters. The Bertz CT molecular complexity index is 653. The Labute approximate surface area is 154 Å². The van der Waals surface area contributed by atoms with E-state index in [0.717, 1.165) is 17.7 Å². The van der Waals surface area contributed by atoms with Crippen LogP contribution in [0.4, 0.5) is 0 Å². The molecule has 136 valence electrons. The van der Waals surface area contributed by atoms with Gasteiger partial charge in [-0.3, -0.25) is 0 Å². The van der Waals surface area contributed by atoms with E-state index in [2.05, 4.69) is 17.6 Å². The summed E-state index contributed by atoms with van der Waals surface area (Å²) in [5.41, 5.74) is 2.20. The first-order chi connectivity index (χ1) is 11.9. The number of carbonyl (C=O) groups excluding carboxylic acids is 1. The molecule has 0 spiro atoms. The summed E-state index contributed by atoms with van der Waals surface area (Å²) in [4.78, 5) is 12.6. The lowest BCUT2D eigenvalue weighted by molar-refractivity contribution is -0.140. The predicted molar refractivity (Wildman–Crippen MR) is 102 cm³/mol. The number of carbonyl (C=O) groups is 1. The van der Waals surface area contributed by atoms with Crippen molar-refractivity contribution in [3.8, 4) is 5.75 Å². The Morgan fingerprint density at radius 1 is 1.28 bits per heavy atom. The monoisotopic (exact) mass is 362 g/mol. The van der Waals surface area contributed by atoms with E-state index in [-0.39, 0.29) is 17.9 Å². The molecule has 0 saturated carbocycles. The van der Waals surface area contributed by atoms with Crippen LogP contribution in [-0.2, 0) is 9.53 Å². The van der Waals surface area contributed by atoms with Gasteiger partial charge in [0.25, 0.3) is 0 Å². The summed E-state index contributed by atoms with van der Waals surface area (Å²) in [6, 6.07) is 7.36. The third kappa shape index (κ3) is 5.19. The van der Waals surface area contributed by atoms with Crippen molar-refractivity contribution in [1.29, 1.82) is 0 Å². The zero-order valence-corrected chi connectivity index (χ0v) is 16.0. The highest BCUT2D eigenvalue weighted by atomic mass is 32.1. The van der Waals surface area contributed by atoms with E-state index in [9.17, 15) is 4.79 Å². The highest BCUT2D eigenvalue weighted by molar-refractivity contribution is 7.80. The Morgan fingerprint density at radius 2 is 1.96 bits per heavy atom. The summed E-state index contributed by atoms with van der Waals surface area (Å²) in [5, 5.41) is 6.67. The molecule has 25 heavy (non-hydrogen) atoms. The van der Waals surface area contributed by atoms with Crippen molar-refractivity contribution in [2.75, 3.05) is 13.2 Å². The molecule has 0 bridgehead atoms. The molecular weight excluding hydrogens is 336 g/mol. The standard InChI is InChI=1S/C19H26N2O3S/c1-5-10-23-15-8-6-14(7-9-15)17-16(13(4)20-19(25)21-17)18(22)24-11-12(2)3/h6-9,12,17H,5,10-11H2,1-4H3,(H2,20,21,25)/t17-/m0/s1. The third-order valence-corrected chi connectivity index (χ3v) is 3.94. The topological polar surface area (TPSA) is 59.6 Å². The normalized spacial score (nSPS) is 17.2. The van der Waals surface area contributed by atoms with Crippen LogP contribution in [-0.4, -0.2) is 24.3 Å². The van der Waals surface area contributed by atoms with Gasteiger partial charge in [0, 0.05) is 5.70 Å². The van der Waals surface area contributed by atoms with Gasteiger partial charge in [-0.15, -0.1) is 0 Å². The van der Waals surface area contributed by atoms with Crippen LogP contribution in [0.15, 0.2) is 35.5 Å². The minimum Gasteiger partial charge on any atom is -0.494 e. The van der Waals surface area contributed by atoms with Gasteiger partial charge in [-0.1, -0.05) is 32.9 Å². The van der Waals surface area contributed by atoms with E-state index >= 15 is 0 Å². The van der Waals surface area contributed by atoms with Crippen LogP contribution in [0.3, 0.4) is 0 Å². The van der Waals surface area contributed by atoms with Crippen LogP contribution in [0.5, 0.6) is 5.75 Å². The average molecular weight is 362 g/mol. The van der Waals surface area contributed by atoms with Crippen molar-refractivity contribution in [2.45, 2.75) is 40.2 Å². The largest absolute Gasteiger partial charge is 0.494 e. The SMILES string of the molecule is CCCOc1ccc([C@@H]2NC(=S)NC(C)=C2C(=O)OCC(C)C)cc1. The van der Waals surface area contributed by atoms with Gasteiger partial charge in [-0.2, -0.15) is 0 Å². The fourth-order valence-corrected chi connectivity index (χ4v) is 2.78. The molecule has 0 unspecified atom stereocenters. The maximum Gasteiger partial charge on any atom is 0.338 e. The first kappa shape index (κ1) is 19.2. The Kier molecular flexibility index (Phi) is 6.82. The molecule has 0 fully saturated rings. The average Bonchev–Trinajstić information content (AvgIpc) is 2.57. The second-order valence-electron chi connectivity index (χ2n) is 6.48. The van der Waals surface area contributed by atoms with Crippen molar-refractivity contribution in [3.63, 3.8) is 0 Å². The fraction of sp³-hybridized carbons (Fsp3) is 0.474. The third-order valence-electron chi connectivity index (χ3n) is 3.72. The number of ether oxygens (including phenoxy) is 2. The van der Waals surface area contributed by atoms with E-state index in [0.29, 0.717) is 29.6 Å². The number of nitrogens with one attached hydrogen (secondary N) is 2. The molecule has 0 aliphatic carbocycles. The maximum absolute atomic E-state index is 12.6. The molecule has 5 nitrogen and oxygen atoms in total. The van der Waals surface area contributed by atoms with Gasteiger partial charge in [0.2, 0.25) is 0 Å². The lowest BCUT2D eigenvalue weighted by Crippen LogP contribution is -2.45. The summed E-state index contributed by atoms with van der Waals surface area (Å²) in [6.45, 7) is 8.99. The number of hydrogen-bond acceptors (Lipinski definition) is 4. The van der Waals surface area contributed by atoms with Crippen molar-refractivity contribution in [1.82, 2.24) is 10.6 Å². The molecule has 1 aromatic rings. The van der Waals surface area contributed by atoms with Gasteiger partial charge >= 0.3 is 5.97 Å². The van der Waals surface area contributed by atoms with Crippen molar-refractivity contribution in [3.05, 3.63) is 41.1 Å². The van der Waals surface area contributed by atoms with Gasteiger partial charge in [0.15, 0.2) is 5.11 Å². The first-order valence-electron chi connectivity index (χ1n) is 8.60. The quantitative estimate of drug-likeness (QED) is 0.572. The number of allylic oxidation sites excluding steroid dienone is 1. The number of hydrogen-bond donors (Lipinski definition) is 2. The highest BCUT2D eigenvalue weighted by Crippen LogP contribution is 2.29. The van der Waals surface area contributed by atoms with Crippen molar-refractivity contribution in [2.24, 2.45) is 5.92 Å². The van der Waals surface area contributed by atoms with E-state index in [4.69, 9.17) is 21.7 Å². The number of thiocarbonyl (C=S) groups is 1. The Balaban J connectivity index is 2.24. The van der Waals surface area contributed by atoms with E-state index in [1.807, 2.05) is 45.0 Å². The lowest BCUT2D eigenvalue weighted by atomic mass is 9.95. The van der Waals surface area contributed by atoms with Gasteiger partial charge < -0.3 is 20.1 Å². The van der Waals surface area contributed by atoms with Crippen LogP contribution in [0.1, 0.15) is 45.7 Å². The molecule has 0 aromatic heterocycles. The second-order valence-corrected chi connectivity index (χ2v) is 6.89. The molecule has 2 N–H and O–H groups in total. The molecule has 1 aromatic carbocycles. The smallest absolute Gasteiger partial charge is 0.338 e. The fourth-order valence-electron chi connectivity index (χ4n) is 2.51. The Morgan fingerprint density at radius 3 is 2.56 bits per heavy atom. The summed E-state index contributed by atoms with van der Waals surface area (Å²) in [7, 11) is 0. The minimum atomic E-state index is -0.339. The van der Waals surface area contributed by atoms with Crippen molar-refractivity contribution < 1.29 is 14.3 Å². The first-order valence-corrected chi connectivity index (χ1v) is 9.01. The van der Waals surface area contributed by atoms with Crippen LogP contribution < -0.4 is 15.4 Å². The van der Waals surface area contributed by atoms with Crippen LogP contribution in [0.2, 0.25) is 0 Å². The van der Waals surface area contributed by atoms with E-state index in [1.165, 1.54) is 0 Å². The molecular formula is C19H26N2O3S. The maximum atomic E-state index is 12.6. The summed E-state index contributed by atoms with van der Waals surface area (Å²) < 4.78 is 11.0. The second kappa shape index (κ2) is 8.85. The Hall–Kier alpha value is -2.08. The summed E-state index contributed by atoms with van der Waals surface area (Å²) in [5.74, 6) is 0.764. The van der Waals surface area contributed by atoms with Gasteiger partial charge in [-0.05, 0) is 49.2 Å². The highest BCUT2D eigenvalue weighted by Gasteiger charge is 2.31. The predicted octanol–water partition coefficient (Wildman–Crippen LogP) is 3.47. The zero-order valence-electron chi connectivity index (χ0n) is 15.2. The van der Waals surface area contributed by atoms with Gasteiger partial charge in [0.1, 0.15) is 5.75 Å². The van der Waals surface area contributed by atoms with Crippen LogP contribution in [0.25, 0.3) is 0 Å². The molecule has 6 heteroatoms. The zero-order chi connectivity index (χ0) is 18.4. The lowest BCUT2D eigenvalue weighted by Gasteiger charge is -2.30.